The van der Waals surface area contributed by atoms with Gasteiger partial charge in [0, 0.05) is 12.0 Å². The molecule has 2 nitrogen and oxygen atoms in total. The minimum absolute atomic E-state index is 0.122. The smallest absolute Gasteiger partial charge is 0.226 e. The Morgan fingerprint density at radius 2 is 2.15 bits per heavy atom. The van der Waals surface area contributed by atoms with Crippen LogP contribution in [0.3, 0.4) is 0 Å². The molecule has 13 heavy (non-hydrogen) atoms. The van der Waals surface area contributed by atoms with Crippen molar-refractivity contribution in [3.8, 4) is 12.3 Å². The van der Waals surface area contributed by atoms with Gasteiger partial charge in [-0.15, -0.1) is 6.42 Å². The monoisotopic (exact) mass is 175 g/mol. The number of fused-ring (bicyclic) bond motifs is 1. The van der Waals surface area contributed by atoms with Gasteiger partial charge in [0.25, 0.3) is 0 Å². The van der Waals surface area contributed by atoms with Crippen molar-refractivity contribution in [2.45, 2.75) is 37.8 Å². The van der Waals surface area contributed by atoms with E-state index >= 15 is 0 Å². The van der Waals surface area contributed by atoms with E-state index in [0.717, 1.165) is 25.2 Å². The van der Waals surface area contributed by atoms with Crippen LogP contribution in [0, 0.1) is 24.2 Å². The maximum absolute atomic E-state index is 11.8. The van der Waals surface area contributed by atoms with E-state index < -0.39 is 0 Å². The molecule has 2 heteroatoms. The Bertz CT molecular complexity index is 300. The summed E-state index contributed by atoms with van der Waals surface area (Å²) < 4.78 is 0. The van der Waals surface area contributed by atoms with Gasteiger partial charge in [-0.25, -0.2) is 0 Å². The lowest BCUT2D eigenvalue weighted by Crippen LogP contribution is -2.38. The first-order valence-corrected chi connectivity index (χ1v) is 5.09. The lowest BCUT2D eigenvalue weighted by molar-refractivity contribution is -0.133. The van der Waals surface area contributed by atoms with Crippen molar-refractivity contribution in [2.75, 3.05) is 0 Å². The number of hydrogen-bond acceptors (Lipinski definition) is 1. The van der Waals surface area contributed by atoms with Crippen LogP contribution >= 0.6 is 0 Å². The highest BCUT2D eigenvalue weighted by Crippen LogP contribution is 2.49. The zero-order valence-electron chi connectivity index (χ0n) is 7.57. The number of terminal acetylenes is 1. The molecular weight excluding hydrogens is 162 g/mol. The molecule has 0 bridgehead atoms. The first-order valence-electron chi connectivity index (χ1n) is 5.09. The van der Waals surface area contributed by atoms with Crippen molar-refractivity contribution >= 4 is 5.91 Å². The zero-order chi connectivity index (χ0) is 9.00. The summed E-state index contributed by atoms with van der Waals surface area (Å²) in [4.78, 5) is 13.8. The molecule has 1 aliphatic heterocycles. The van der Waals surface area contributed by atoms with E-state index in [1.54, 1.807) is 0 Å². The Morgan fingerprint density at radius 1 is 1.38 bits per heavy atom. The van der Waals surface area contributed by atoms with Gasteiger partial charge in [-0.05, 0) is 31.6 Å². The fourth-order valence-corrected chi connectivity index (χ4v) is 2.46. The molecule has 0 radical (unpaired) electrons. The Labute approximate surface area is 78.3 Å². The minimum Gasteiger partial charge on any atom is -0.325 e. The molecule has 0 spiro atoms. The van der Waals surface area contributed by atoms with Crippen LogP contribution in [0.25, 0.3) is 0 Å². The van der Waals surface area contributed by atoms with Crippen molar-refractivity contribution < 1.29 is 4.79 Å². The van der Waals surface area contributed by atoms with E-state index in [0.29, 0.717) is 17.9 Å². The third-order valence-electron chi connectivity index (χ3n) is 3.48. The second-order valence-corrected chi connectivity index (χ2v) is 4.50. The van der Waals surface area contributed by atoms with E-state index in [1.807, 2.05) is 4.90 Å². The summed E-state index contributed by atoms with van der Waals surface area (Å²) in [6, 6.07) is 0.644. The predicted octanol–water partition coefficient (Wildman–Crippen LogP) is 1.02. The standard InChI is InChI=1S/C11H13NO/c1-2-9-5-8-6-10(8)12(9)11(13)7-3-4-7/h1,7-10H,3-6H2/t8-,9?,10+/m0/s1. The summed E-state index contributed by atoms with van der Waals surface area (Å²) in [7, 11) is 0. The van der Waals surface area contributed by atoms with E-state index in [4.69, 9.17) is 6.42 Å². The maximum atomic E-state index is 11.8. The van der Waals surface area contributed by atoms with E-state index in [1.165, 1.54) is 6.42 Å². The van der Waals surface area contributed by atoms with Crippen molar-refractivity contribution in [2.24, 2.45) is 11.8 Å². The first kappa shape index (κ1) is 7.44. The second-order valence-electron chi connectivity index (χ2n) is 4.50. The Balaban J connectivity index is 1.80. The molecular formula is C11H13NO. The summed E-state index contributed by atoms with van der Waals surface area (Å²) in [6.45, 7) is 0. The van der Waals surface area contributed by atoms with Crippen LogP contribution in [0.15, 0.2) is 0 Å². The summed E-state index contributed by atoms with van der Waals surface area (Å²) >= 11 is 0. The quantitative estimate of drug-likeness (QED) is 0.545. The van der Waals surface area contributed by atoms with Gasteiger partial charge >= 0.3 is 0 Å². The molecule has 1 heterocycles. The lowest BCUT2D eigenvalue weighted by atomic mass is 10.2. The van der Waals surface area contributed by atoms with Crippen molar-refractivity contribution in [1.82, 2.24) is 4.90 Å². The molecule has 68 valence electrons. The number of piperidine rings is 1. The molecule has 3 atom stereocenters. The predicted molar refractivity (Wildman–Crippen MR) is 48.7 cm³/mol. The molecule has 3 fully saturated rings. The Morgan fingerprint density at radius 3 is 2.77 bits per heavy atom. The normalized spacial score (nSPS) is 41.2. The van der Waals surface area contributed by atoms with Crippen molar-refractivity contribution in [3.05, 3.63) is 0 Å². The number of hydrogen-bond donors (Lipinski definition) is 0. The highest BCUT2D eigenvalue weighted by atomic mass is 16.2. The van der Waals surface area contributed by atoms with Crippen LogP contribution in [-0.4, -0.2) is 22.9 Å². The molecule has 0 N–H and O–H groups in total. The summed E-state index contributed by atoms with van der Waals surface area (Å²) in [5.41, 5.74) is 0. The van der Waals surface area contributed by atoms with E-state index in [2.05, 4.69) is 5.92 Å². The average molecular weight is 175 g/mol. The number of carbonyl (C=O) groups is 1. The van der Waals surface area contributed by atoms with Gasteiger partial charge in [0.15, 0.2) is 0 Å². The molecule has 0 aromatic carbocycles. The third-order valence-corrected chi connectivity index (χ3v) is 3.48. The average Bonchev–Trinajstić information content (AvgIpc) is 3.01. The van der Waals surface area contributed by atoms with Gasteiger partial charge in [-0.3, -0.25) is 4.79 Å². The highest BCUT2D eigenvalue weighted by Gasteiger charge is 2.55. The van der Waals surface area contributed by atoms with Crippen LogP contribution in [0.2, 0.25) is 0 Å². The van der Waals surface area contributed by atoms with Crippen LogP contribution < -0.4 is 0 Å². The third kappa shape index (κ3) is 0.997. The second kappa shape index (κ2) is 2.29. The molecule has 2 aliphatic carbocycles. The van der Waals surface area contributed by atoms with Crippen LogP contribution in [0.5, 0.6) is 0 Å². The summed E-state index contributed by atoms with van der Waals surface area (Å²) in [5, 5.41) is 0. The fourth-order valence-electron chi connectivity index (χ4n) is 2.46. The summed E-state index contributed by atoms with van der Waals surface area (Å²) in [6.07, 6.45) is 9.86. The van der Waals surface area contributed by atoms with Crippen LogP contribution in [-0.2, 0) is 4.79 Å². The molecule has 0 aromatic heterocycles. The maximum Gasteiger partial charge on any atom is 0.226 e. The van der Waals surface area contributed by atoms with Gasteiger partial charge in [0.1, 0.15) is 0 Å². The zero-order valence-corrected chi connectivity index (χ0v) is 7.57. The fraction of sp³-hybridized carbons (Fsp3) is 0.727. The SMILES string of the molecule is C#CC1C[C@H]2C[C@H]2N1C(=O)C1CC1. The largest absolute Gasteiger partial charge is 0.325 e. The molecule has 1 saturated heterocycles. The molecule has 0 aromatic rings. The van der Waals surface area contributed by atoms with Gasteiger partial charge in [0.05, 0.1) is 6.04 Å². The number of amides is 1. The number of carbonyl (C=O) groups excluding carboxylic acids is 1. The lowest BCUT2D eigenvalue weighted by Gasteiger charge is -2.23. The van der Waals surface area contributed by atoms with Gasteiger partial charge in [-0.2, -0.15) is 0 Å². The van der Waals surface area contributed by atoms with E-state index in [-0.39, 0.29) is 6.04 Å². The van der Waals surface area contributed by atoms with E-state index in [9.17, 15) is 4.79 Å². The number of nitrogens with zero attached hydrogens (tertiary/aromatic N) is 1. The first-order chi connectivity index (χ1) is 6.31. The summed E-state index contributed by atoms with van der Waals surface area (Å²) in [5.74, 6) is 4.15. The van der Waals surface area contributed by atoms with Gasteiger partial charge in [0.2, 0.25) is 5.91 Å². The molecule has 3 aliphatic rings. The molecule has 1 amide bonds. The topological polar surface area (TPSA) is 20.3 Å². The highest BCUT2D eigenvalue weighted by molar-refractivity contribution is 5.82. The minimum atomic E-state index is 0.122. The number of rotatable bonds is 1. The van der Waals surface area contributed by atoms with Crippen LogP contribution in [0.1, 0.15) is 25.7 Å². The molecule has 3 rings (SSSR count). The van der Waals surface area contributed by atoms with Crippen LogP contribution in [0.4, 0.5) is 0 Å². The van der Waals surface area contributed by atoms with Crippen molar-refractivity contribution in [3.63, 3.8) is 0 Å². The number of likely N-dealkylation sites (tertiary alicyclic amines) is 1. The Hall–Kier alpha value is -0.970. The van der Waals surface area contributed by atoms with Gasteiger partial charge in [-0.1, -0.05) is 5.92 Å². The van der Waals surface area contributed by atoms with Gasteiger partial charge < -0.3 is 4.90 Å². The van der Waals surface area contributed by atoms with Crippen molar-refractivity contribution in [1.29, 1.82) is 0 Å². The molecule has 1 unspecified atom stereocenters. The molecule has 2 saturated carbocycles. The Kier molecular flexibility index (Phi) is 1.31.